The maximum atomic E-state index is 11.6. The monoisotopic (exact) mass is 507 g/mol. The Bertz CT molecular complexity index is 1320. The van der Waals surface area contributed by atoms with Crippen molar-refractivity contribution in [3.63, 3.8) is 0 Å². The standard InChI is InChI=1S/C26H26ClN5O4/c1-17(14-29-24(33)16-34-2)36-26-31-22-9-4-3-8-20(22)25(32-26)30-18-10-11-23(21(27)13-18)35-15-19-7-5-6-12-28-19/h3-13,17H,14-16H2,1-2H3,(H,29,33)(H,30,31,32)/t17-/m0/s1. The molecule has 0 unspecified atom stereocenters. The van der Waals surface area contributed by atoms with Gasteiger partial charge in [0.1, 0.15) is 30.9 Å². The van der Waals surface area contributed by atoms with Crippen molar-refractivity contribution in [1.29, 1.82) is 0 Å². The third kappa shape index (κ3) is 6.80. The van der Waals surface area contributed by atoms with Crippen LogP contribution in [0.5, 0.6) is 11.8 Å². The largest absolute Gasteiger partial charge is 0.486 e. The van der Waals surface area contributed by atoms with Gasteiger partial charge in [-0.1, -0.05) is 29.8 Å². The van der Waals surface area contributed by atoms with E-state index in [9.17, 15) is 4.79 Å². The number of ether oxygens (including phenoxy) is 3. The summed E-state index contributed by atoms with van der Waals surface area (Å²) in [7, 11) is 1.47. The van der Waals surface area contributed by atoms with Crippen LogP contribution < -0.4 is 20.1 Å². The smallest absolute Gasteiger partial charge is 0.319 e. The number of carbonyl (C=O) groups excluding carboxylic acids is 1. The number of hydrogen-bond donors (Lipinski definition) is 2. The van der Waals surface area contributed by atoms with Gasteiger partial charge in [-0.25, -0.2) is 0 Å². The van der Waals surface area contributed by atoms with Gasteiger partial charge in [0.15, 0.2) is 0 Å². The summed E-state index contributed by atoms with van der Waals surface area (Å²) < 4.78 is 16.5. The van der Waals surface area contributed by atoms with Gasteiger partial charge in [-0.3, -0.25) is 9.78 Å². The van der Waals surface area contributed by atoms with Crippen LogP contribution in [0.1, 0.15) is 12.6 Å². The minimum atomic E-state index is -0.357. The SMILES string of the molecule is COCC(=O)NC[C@H](C)Oc1nc(Nc2ccc(OCc3ccccn3)c(Cl)c2)c2ccccc2n1. The number of nitrogens with zero attached hydrogens (tertiary/aromatic N) is 3. The molecule has 0 saturated heterocycles. The predicted octanol–water partition coefficient (Wildman–Crippen LogP) is 4.53. The van der Waals surface area contributed by atoms with E-state index >= 15 is 0 Å². The van der Waals surface area contributed by atoms with Gasteiger partial charge >= 0.3 is 6.01 Å². The highest BCUT2D eigenvalue weighted by Gasteiger charge is 2.14. The molecular weight excluding hydrogens is 482 g/mol. The average molecular weight is 508 g/mol. The molecule has 36 heavy (non-hydrogen) atoms. The van der Waals surface area contributed by atoms with Crippen LogP contribution in [0.2, 0.25) is 5.02 Å². The van der Waals surface area contributed by atoms with Crippen LogP contribution >= 0.6 is 11.6 Å². The summed E-state index contributed by atoms with van der Waals surface area (Å²) in [5.74, 6) is 0.886. The highest BCUT2D eigenvalue weighted by atomic mass is 35.5. The fourth-order valence-corrected chi connectivity index (χ4v) is 3.57. The Balaban J connectivity index is 1.48. The summed E-state index contributed by atoms with van der Waals surface area (Å²) in [5, 5.41) is 7.30. The molecule has 0 fully saturated rings. The predicted molar refractivity (Wildman–Crippen MR) is 138 cm³/mol. The first-order valence-corrected chi connectivity index (χ1v) is 11.7. The molecule has 2 aromatic heterocycles. The molecule has 4 aromatic rings. The number of nitrogens with one attached hydrogen (secondary N) is 2. The lowest BCUT2D eigenvalue weighted by Gasteiger charge is -2.16. The van der Waals surface area contributed by atoms with E-state index in [0.29, 0.717) is 28.7 Å². The first kappa shape index (κ1) is 25.2. The Hall–Kier alpha value is -3.95. The molecule has 0 spiro atoms. The zero-order chi connectivity index (χ0) is 25.3. The van der Waals surface area contributed by atoms with Crippen molar-refractivity contribution in [3.8, 4) is 11.8 Å². The summed E-state index contributed by atoms with van der Waals surface area (Å²) in [5.41, 5.74) is 2.24. The molecule has 2 heterocycles. The number of fused-ring (bicyclic) bond motifs is 1. The summed E-state index contributed by atoms with van der Waals surface area (Å²) >= 11 is 6.48. The molecule has 0 bridgehead atoms. The van der Waals surface area contributed by atoms with E-state index in [1.165, 1.54) is 7.11 Å². The number of para-hydroxylation sites is 1. The molecule has 1 amide bonds. The topological polar surface area (TPSA) is 107 Å². The first-order valence-electron chi connectivity index (χ1n) is 11.3. The number of hydrogen-bond acceptors (Lipinski definition) is 8. The van der Waals surface area contributed by atoms with Crippen molar-refractivity contribution >= 4 is 39.9 Å². The minimum absolute atomic E-state index is 0.0111. The summed E-state index contributed by atoms with van der Waals surface area (Å²) in [6.07, 6.45) is 1.36. The van der Waals surface area contributed by atoms with E-state index in [2.05, 4.69) is 25.6 Å². The van der Waals surface area contributed by atoms with Gasteiger partial charge in [-0.15, -0.1) is 0 Å². The summed E-state index contributed by atoms with van der Waals surface area (Å²) in [6, 6.07) is 18.8. The lowest BCUT2D eigenvalue weighted by molar-refractivity contribution is -0.125. The van der Waals surface area contributed by atoms with Crippen molar-refractivity contribution in [2.45, 2.75) is 19.6 Å². The number of amides is 1. The molecule has 0 radical (unpaired) electrons. The zero-order valence-electron chi connectivity index (χ0n) is 19.9. The number of carbonyl (C=O) groups is 1. The number of halogens is 1. The Labute approximate surface area is 213 Å². The van der Waals surface area contributed by atoms with Crippen molar-refractivity contribution < 1.29 is 19.0 Å². The van der Waals surface area contributed by atoms with Gasteiger partial charge < -0.3 is 24.8 Å². The second-order valence-electron chi connectivity index (χ2n) is 7.92. The Morgan fingerprint density at radius 3 is 2.69 bits per heavy atom. The van der Waals surface area contributed by atoms with Crippen LogP contribution in [0.15, 0.2) is 66.9 Å². The van der Waals surface area contributed by atoms with E-state index < -0.39 is 0 Å². The minimum Gasteiger partial charge on any atom is -0.486 e. The third-order valence-electron chi connectivity index (χ3n) is 5.05. The molecule has 186 valence electrons. The maximum absolute atomic E-state index is 11.6. The molecule has 10 heteroatoms. The van der Waals surface area contributed by atoms with Crippen LogP contribution in [0, 0.1) is 0 Å². The second-order valence-corrected chi connectivity index (χ2v) is 8.32. The van der Waals surface area contributed by atoms with Crippen LogP contribution in [0.4, 0.5) is 11.5 Å². The average Bonchev–Trinajstić information content (AvgIpc) is 2.88. The number of methoxy groups -OCH3 is 1. The van der Waals surface area contributed by atoms with Crippen LogP contribution in [0.25, 0.3) is 10.9 Å². The summed E-state index contributed by atoms with van der Waals surface area (Å²) in [6.45, 7) is 2.41. The Kier molecular flexibility index (Phi) is 8.48. The van der Waals surface area contributed by atoms with Crippen molar-refractivity contribution in [2.24, 2.45) is 0 Å². The van der Waals surface area contributed by atoms with Gasteiger partial charge in [-0.05, 0) is 49.4 Å². The quantitative estimate of drug-likeness (QED) is 0.305. The fraction of sp³-hybridized carbons (Fsp3) is 0.231. The second kappa shape index (κ2) is 12.1. The van der Waals surface area contributed by atoms with E-state index in [0.717, 1.165) is 16.8 Å². The molecule has 1 atom stereocenters. The van der Waals surface area contributed by atoms with Gasteiger partial charge in [0, 0.05) is 24.4 Å². The Morgan fingerprint density at radius 1 is 1.08 bits per heavy atom. The van der Waals surface area contributed by atoms with E-state index in [-0.39, 0.29) is 31.2 Å². The fourth-order valence-electron chi connectivity index (χ4n) is 3.33. The highest BCUT2D eigenvalue weighted by Crippen LogP contribution is 2.31. The number of aromatic nitrogens is 3. The molecule has 9 nitrogen and oxygen atoms in total. The molecule has 0 aliphatic rings. The van der Waals surface area contributed by atoms with Crippen LogP contribution in [-0.4, -0.2) is 47.2 Å². The number of anilines is 2. The molecule has 0 aliphatic carbocycles. The van der Waals surface area contributed by atoms with Gasteiger partial charge in [0.2, 0.25) is 5.91 Å². The lowest BCUT2D eigenvalue weighted by Crippen LogP contribution is -2.35. The third-order valence-corrected chi connectivity index (χ3v) is 5.34. The highest BCUT2D eigenvalue weighted by molar-refractivity contribution is 6.32. The lowest BCUT2D eigenvalue weighted by atomic mass is 10.2. The van der Waals surface area contributed by atoms with Crippen LogP contribution in [-0.2, 0) is 16.1 Å². The molecular formula is C26H26ClN5O4. The molecule has 0 aliphatic heterocycles. The van der Waals surface area contributed by atoms with E-state index in [4.69, 9.17) is 25.8 Å². The van der Waals surface area contributed by atoms with Gasteiger partial charge in [0.25, 0.3) is 0 Å². The number of benzene rings is 2. The van der Waals surface area contributed by atoms with Crippen LogP contribution in [0.3, 0.4) is 0 Å². The zero-order valence-corrected chi connectivity index (χ0v) is 20.7. The van der Waals surface area contributed by atoms with Crippen molar-refractivity contribution in [2.75, 3.05) is 25.6 Å². The van der Waals surface area contributed by atoms with Crippen molar-refractivity contribution in [3.05, 3.63) is 77.6 Å². The first-order chi connectivity index (χ1) is 17.5. The normalized spacial score (nSPS) is 11.6. The van der Waals surface area contributed by atoms with Gasteiger partial charge in [0.05, 0.1) is 22.8 Å². The number of pyridine rings is 1. The molecule has 2 N–H and O–H groups in total. The summed E-state index contributed by atoms with van der Waals surface area (Å²) in [4.78, 5) is 25.0. The molecule has 4 rings (SSSR count). The van der Waals surface area contributed by atoms with Crippen molar-refractivity contribution in [1.82, 2.24) is 20.3 Å². The van der Waals surface area contributed by atoms with E-state index in [1.807, 2.05) is 55.5 Å². The maximum Gasteiger partial charge on any atom is 0.319 e. The van der Waals surface area contributed by atoms with Gasteiger partial charge in [-0.2, -0.15) is 9.97 Å². The molecule has 0 saturated carbocycles. The molecule has 2 aromatic carbocycles. The number of rotatable bonds is 11. The Morgan fingerprint density at radius 2 is 1.92 bits per heavy atom. The van der Waals surface area contributed by atoms with E-state index in [1.54, 1.807) is 18.3 Å².